The molecule has 0 bridgehead atoms. The maximum Gasteiger partial charge on any atom is 0.231 e. The summed E-state index contributed by atoms with van der Waals surface area (Å²) in [4.78, 5) is 13.8. The lowest BCUT2D eigenvalue weighted by atomic mass is 10.2. The highest BCUT2D eigenvalue weighted by molar-refractivity contribution is 14.1. The fourth-order valence-corrected chi connectivity index (χ4v) is 2.62. The Hall–Kier alpha value is -0.620. The number of anilines is 1. The number of hydrogen-bond donors (Lipinski definition) is 0. The lowest BCUT2D eigenvalue weighted by Crippen LogP contribution is -2.28. The van der Waals surface area contributed by atoms with Crippen LogP contribution in [0.15, 0.2) is 18.2 Å². The molecule has 0 aliphatic carbocycles. The van der Waals surface area contributed by atoms with Gasteiger partial charge in [-0.25, -0.2) is 0 Å². The van der Waals surface area contributed by atoms with Gasteiger partial charge in [-0.2, -0.15) is 0 Å². The lowest BCUT2D eigenvalue weighted by molar-refractivity contribution is -0.117. The van der Waals surface area contributed by atoms with E-state index in [2.05, 4.69) is 28.7 Å². The van der Waals surface area contributed by atoms with E-state index in [-0.39, 0.29) is 5.91 Å². The molecule has 3 nitrogen and oxygen atoms in total. The maximum atomic E-state index is 11.9. The normalized spacial score (nSPS) is 14.2. The zero-order chi connectivity index (χ0) is 12.3. The first-order valence-corrected chi connectivity index (χ1v) is 6.96. The van der Waals surface area contributed by atoms with Crippen molar-refractivity contribution in [2.75, 3.05) is 24.7 Å². The first-order valence-electron chi connectivity index (χ1n) is 5.89. The first kappa shape index (κ1) is 12.8. The largest absolute Gasteiger partial charge is 0.382 e. The summed E-state index contributed by atoms with van der Waals surface area (Å²) in [6.45, 7) is 4.20. The number of hydrogen-bond acceptors (Lipinski definition) is 2. The third-order valence-corrected chi connectivity index (χ3v) is 3.52. The molecular formula is C13H16INO2. The van der Waals surface area contributed by atoms with E-state index in [0.29, 0.717) is 6.42 Å². The van der Waals surface area contributed by atoms with Crippen LogP contribution in [0, 0.1) is 3.57 Å². The summed E-state index contributed by atoms with van der Waals surface area (Å²) in [5, 5.41) is 0. The molecular weight excluding hydrogens is 329 g/mol. The first-order chi connectivity index (χ1) is 8.22. The Bertz CT molecular complexity index is 420. The van der Waals surface area contributed by atoms with Crippen molar-refractivity contribution >= 4 is 34.2 Å². The minimum atomic E-state index is 0.207. The SMILES string of the molecule is CCOCCCN1C(=O)Cc2cc(I)ccc21. The minimum Gasteiger partial charge on any atom is -0.382 e. The number of halogens is 1. The minimum absolute atomic E-state index is 0.207. The van der Waals surface area contributed by atoms with Crippen molar-refractivity contribution in [2.24, 2.45) is 0 Å². The summed E-state index contributed by atoms with van der Waals surface area (Å²) in [5.74, 6) is 0.207. The van der Waals surface area contributed by atoms with Crippen LogP contribution in [0.25, 0.3) is 0 Å². The molecule has 1 aromatic carbocycles. The van der Waals surface area contributed by atoms with E-state index >= 15 is 0 Å². The summed E-state index contributed by atoms with van der Waals surface area (Å²) in [7, 11) is 0. The topological polar surface area (TPSA) is 29.5 Å². The van der Waals surface area contributed by atoms with E-state index in [1.54, 1.807) is 0 Å². The molecule has 1 aromatic rings. The number of carbonyl (C=O) groups is 1. The van der Waals surface area contributed by atoms with Crippen LogP contribution in [0.2, 0.25) is 0 Å². The van der Waals surface area contributed by atoms with Gasteiger partial charge in [0, 0.05) is 29.0 Å². The number of benzene rings is 1. The van der Waals surface area contributed by atoms with Gasteiger partial charge in [0.25, 0.3) is 0 Å². The van der Waals surface area contributed by atoms with Gasteiger partial charge in [-0.3, -0.25) is 4.79 Å². The van der Waals surface area contributed by atoms with Gasteiger partial charge in [-0.1, -0.05) is 0 Å². The van der Waals surface area contributed by atoms with Gasteiger partial charge >= 0.3 is 0 Å². The van der Waals surface area contributed by atoms with Crippen molar-refractivity contribution < 1.29 is 9.53 Å². The van der Waals surface area contributed by atoms with Crippen molar-refractivity contribution in [3.05, 3.63) is 27.3 Å². The third kappa shape index (κ3) is 2.98. The van der Waals surface area contributed by atoms with Crippen LogP contribution >= 0.6 is 22.6 Å². The molecule has 1 amide bonds. The molecule has 0 saturated carbocycles. The van der Waals surface area contributed by atoms with Crippen LogP contribution in [0.3, 0.4) is 0 Å². The van der Waals surface area contributed by atoms with Crippen LogP contribution in [-0.2, 0) is 16.0 Å². The number of fused-ring (bicyclic) bond motifs is 1. The molecule has 0 unspecified atom stereocenters. The fourth-order valence-electron chi connectivity index (χ4n) is 2.07. The average molecular weight is 345 g/mol. The van der Waals surface area contributed by atoms with Gasteiger partial charge < -0.3 is 9.64 Å². The standard InChI is InChI=1S/C13H16INO2/c1-2-17-7-3-6-15-12-5-4-11(14)8-10(12)9-13(15)16/h4-5,8H,2-3,6-7,9H2,1H3. The third-order valence-electron chi connectivity index (χ3n) is 2.85. The van der Waals surface area contributed by atoms with Crippen molar-refractivity contribution in [1.29, 1.82) is 0 Å². The molecule has 0 N–H and O–H groups in total. The predicted molar refractivity (Wildman–Crippen MR) is 76.3 cm³/mol. The monoisotopic (exact) mass is 345 g/mol. The van der Waals surface area contributed by atoms with E-state index in [0.717, 1.165) is 37.4 Å². The summed E-state index contributed by atoms with van der Waals surface area (Å²) < 4.78 is 6.48. The van der Waals surface area contributed by atoms with Crippen molar-refractivity contribution in [1.82, 2.24) is 0 Å². The van der Waals surface area contributed by atoms with Crippen LogP contribution in [-0.4, -0.2) is 25.7 Å². The number of nitrogens with zero attached hydrogens (tertiary/aromatic N) is 1. The van der Waals surface area contributed by atoms with E-state index in [1.807, 2.05) is 24.0 Å². The molecule has 0 fully saturated rings. The molecule has 1 aliphatic rings. The van der Waals surface area contributed by atoms with Gasteiger partial charge in [0.05, 0.1) is 6.42 Å². The molecule has 1 heterocycles. The number of carbonyl (C=O) groups excluding carboxylic acids is 1. The number of ether oxygens (including phenoxy) is 1. The number of rotatable bonds is 5. The fraction of sp³-hybridized carbons (Fsp3) is 0.462. The Morgan fingerprint density at radius 1 is 1.47 bits per heavy atom. The van der Waals surface area contributed by atoms with E-state index in [9.17, 15) is 4.79 Å². The van der Waals surface area contributed by atoms with Crippen LogP contribution in [0.1, 0.15) is 18.9 Å². The van der Waals surface area contributed by atoms with Gasteiger partial charge in [0.1, 0.15) is 0 Å². The van der Waals surface area contributed by atoms with Crippen molar-refractivity contribution in [3.63, 3.8) is 0 Å². The second-order valence-corrected chi connectivity index (χ2v) is 5.29. The van der Waals surface area contributed by atoms with Gasteiger partial charge in [-0.05, 0) is 59.7 Å². The Labute approximate surface area is 115 Å². The average Bonchev–Trinajstić information content (AvgIpc) is 2.60. The maximum absolute atomic E-state index is 11.9. The van der Waals surface area contributed by atoms with Crippen LogP contribution in [0.4, 0.5) is 5.69 Å². The molecule has 92 valence electrons. The van der Waals surface area contributed by atoms with Crippen molar-refractivity contribution in [2.45, 2.75) is 19.8 Å². The lowest BCUT2D eigenvalue weighted by Gasteiger charge is -2.17. The number of amides is 1. The predicted octanol–water partition coefficient (Wildman–Crippen LogP) is 2.61. The molecule has 1 aliphatic heterocycles. The van der Waals surface area contributed by atoms with Crippen LogP contribution in [0.5, 0.6) is 0 Å². The second-order valence-electron chi connectivity index (χ2n) is 4.05. The quantitative estimate of drug-likeness (QED) is 0.607. The Morgan fingerprint density at radius 2 is 2.29 bits per heavy atom. The Balaban J connectivity index is 2.02. The molecule has 0 radical (unpaired) electrons. The summed E-state index contributed by atoms with van der Waals surface area (Å²) in [6, 6.07) is 6.19. The van der Waals surface area contributed by atoms with Gasteiger partial charge in [0.15, 0.2) is 0 Å². The highest BCUT2D eigenvalue weighted by Gasteiger charge is 2.26. The molecule has 0 atom stereocenters. The van der Waals surface area contributed by atoms with E-state index < -0.39 is 0 Å². The molecule has 2 rings (SSSR count). The molecule has 0 saturated heterocycles. The van der Waals surface area contributed by atoms with Gasteiger partial charge in [-0.15, -0.1) is 0 Å². The van der Waals surface area contributed by atoms with E-state index in [4.69, 9.17) is 4.74 Å². The Morgan fingerprint density at radius 3 is 3.06 bits per heavy atom. The highest BCUT2D eigenvalue weighted by atomic mass is 127. The molecule has 0 spiro atoms. The zero-order valence-electron chi connectivity index (χ0n) is 9.91. The smallest absolute Gasteiger partial charge is 0.231 e. The summed E-state index contributed by atoms with van der Waals surface area (Å²) in [6.07, 6.45) is 1.44. The van der Waals surface area contributed by atoms with E-state index in [1.165, 1.54) is 3.57 Å². The summed E-state index contributed by atoms with van der Waals surface area (Å²) >= 11 is 2.28. The van der Waals surface area contributed by atoms with Gasteiger partial charge in [0.2, 0.25) is 5.91 Å². The Kier molecular flexibility index (Phi) is 4.39. The summed E-state index contributed by atoms with van der Waals surface area (Å²) in [5.41, 5.74) is 2.23. The second kappa shape index (κ2) is 5.82. The van der Waals surface area contributed by atoms with Crippen LogP contribution < -0.4 is 4.90 Å². The molecule has 0 aromatic heterocycles. The zero-order valence-corrected chi connectivity index (χ0v) is 12.1. The molecule has 4 heteroatoms. The molecule has 17 heavy (non-hydrogen) atoms. The van der Waals surface area contributed by atoms with Crippen molar-refractivity contribution in [3.8, 4) is 0 Å². The highest BCUT2D eigenvalue weighted by Crippen LogP contribution is 2.30.